The zero-order valence-corrected chi connectivity index (χ0v) is 13.3. The second-order valence-corrected chi connectivity index (χ2v) is 5.23. The molecule has 126 valence electrons. The van der Waals surface area contributed by atoms with Gasteiger partial charge in [-0.1, -0.05) is 6.07 Å². The average molecular weight is 323 g/mol. The number of aryl methyl sites for hydroxylation is 1. The highest BCUT2D eigenvalue weighted by atomic mass is 16.5. The van der Waals surface area contributed by atoms with Crippen LogP contribution in [-0.4, -0.2) is 61.9 Å². The average Bonchev–Trinajstić information content (AvgIpc) is 2.59. The molecule has 2 rings (SSSR count). The lowest BCUT2D eigenvalue weighted by Crippen LogP contribution is -2.48. The van der Waals surface area contributed by atoms with E-state index < -0.39 is 12.1 Å². The normalized spacial score (nSPS) is 17.7. The van der Waals surface area contributed by atoms with Crippen molar-refractivity contribution in [3.05, 3.63) is 23.8 Å². The molecule has 1 aliphatic rings. The first-order valence-electron chi connectivity index (χ1n) is 7.38. The van der Waals surface area contributed by atoms with Crippen LogP contribution in [0.5, 0.6) is 11.5 Å². The molecule has 1 unspecified atom stereocenters. The summed E-state index contributed by atoms with van der Waals surface area (Å²) in [5, 5.41) is 8.96. The lowest BCUT2D eigenvalue weighted by Gasteiger charge is -2.31. The van der Waals surface area contributed by atoms with E-state index in [1.54, 1.807) is 25.2 Å². The van der Waals surface area contributed by atoms with Crippen molar-refractivity contribution in [3.63, 3.8) is 0 Å². The summed E-state index contributed by atoms with van der Waals surface area (Å²) in [5.74, 6) is 0.145. The van der Waals surface area contributed by atoms with Gasteiger partial charge in [0.05, 0.1) is 27.4 Å². The fraction of sp³-hybridized carbons (Fsp3) is 0.500. The first-order chi connectivity index (χ1) is 11.0. The summed E-state index contributed by atoms with van der Waals surface area (Å²) in [6.07, 6.45) is -0.0791. The third-order valence-electron chi connectivity index (χ3n) is 3.77. The molecule has 1 aromatic rings. The van der Waals surface area contributed by atoms with E-state index in [-0.39, 0.29) is 19.1 Å². The van der Waals surface area contributed by atoms with Gasteiger partial charge in [0.1, 0.15) is 0 Å². The van der Waals surface area contributed by atoms with Crippen molar-refractivity contribution in [3.8, 4) is 11.5 Å². The molecule has 7 nitrogen and oxygen atoms in total. The first kappa shape index (κ1) is 17.1. The Labute approximate surface area is 134 Å². The van der Waals surface area contributed by atoms with Crippen molar-refractivity contribution in [2.75, 3.05) is 33.9 Å². The third kappa shape index (κ3) is 4.35. The van der Waals surface area contributed by atoms with Crippen LogP contribution in [0.1, 0.15) is 12.0 Å². The van der Waals surface area contributed by atoms with Gasteiger partial charge in [0, 0.05) is 13.0 Å². The van der Waals surface area contributed by atoms with Crippen LogP contribution in [-0.2, 0) is 20.7 Å². The van der Waals surface area contributed by atoms with E-state index in [1.807, 2.05) is 12.1 Å². The summed E-state index contributed by atoms with van der Waals surface area (Å²) in [4.78, 5) is 24.7. The molecule has 0 bridgehead atoms. The lowest BCUT2D eigenvalue weighted by molar-refractivity contribution is -0.159. The highest BCUT2D eigenvalue weighted by molar-refractivity contribution is 5.79. The van der Waals surface area contributed by atoms with Gasteiger partial charge in [-0.05, 0) is 24.1 Å². The van der Waals surface area contributed by atoms with Crippen LogP contribution >= 0.6 is 0 Å². The predicted molar refractivity (Wildman–Crippen MR) is 81.8 cm³/mol. The van der Waals surface area contributed by atoms with E-state index >= 15 is 0 Å². The monoisotopic (exact) mass is 323 g/mol. The number of carboxylic acid groups (broad SMARTS) is 1. The Hall–Kier alpha value is -2.28. The summed E-state index contributed by atoms with van der Waals surface area (Å²) in [5.41, 5.74) is 0.957. The molecular formula is C16H21NO6. The smallest absolute Gasteiger partial charge is 0.334 e. The highest BCUT2D eigenvalue weighted by Gasteiger charge is 2.28. The number of nitrogens with zero attached hydrogens (tertiary/aromatic N) is 1. The zero-order chi connectivity index (χ0) is 16.8. The predicted octanol–water partition coefficient (Wildman–Crippen LogP) is 0.948. The van der Waals surface area contributed by atoms with Gasteiger partial charge in [0.2, 0.25) is 5.91 Å². The van der Waals surface area contributed by atoms with Gasteiger partial charge in [-0.2, -0.15) is 0 Å². The molecule has 0 spiro atoms. The Kier molecular flexibility index (Phi) is 5.81. The summed E-state index contributed by atoms with van der Waals surface area (Å²) in [6, 6.07) is 5.52. The van der Waals surface area contributed by atoms with Gasteiger partial charge in [-0.25, -0.2) is 4.79 Å². The van der Waals surface area contributed by atoms with Crippen LogP contribution < -0.4 is 9.47 Å². The Morgan fingerprint density at radius 2 is 2.04 bits per heavy atom. The number of hydrogen-bond donors (Lipinski definition) is 1. The van der Waals surface area contributed by atoms with Crippen LogP contribution in [0.25, 0.3) is 0 Å². The maximum Gasteiger partial charge on any atom is 0.334 e. The second-order valence-electron chi connectivity index (χ2n) is 5.23. The van der Waals surface area contributed by atoms with Crippen molar-refractivity contribution in [2.24, 2.45) is 0 Å². The Balaban J connectivity index is 1.92. The van der Waals surface area contributed by atoms with Crippen molar-refractivity contribution >= 4 is 11.9 Å². The molecule has 0 aromatic heterocycles. The quantitative estimate of drug-likeness (QED) is 0.839. The lowest BCUT2D eigenvalue weighted by atomic mass is 10.1. The third-order valence-corrected chi connectivity index (χ3v) is 3.77. The van der Waals surface area contributed by atoms with E-state index in [9.17, 15) is 9.59 Å². The van der Waals surface area contributed by atoms with E-state index in [4.69, 9.17) is 19.3 Å². The largest absolute Gasteiger partial charge is 0.493 e. The molecule has 7 heteroatoms. The van der Waals surface area contributed by atoms with Crippen LogP contribution in [0, 0.1) is 0 Å². The highest BCUT2D eigenvalue weighted by Crippen LogP contribution is 2.28. The molecule has 23 heavy (non-hydrogen) atoms. The minimum atomic E-state index is -1.04. The fourth-order valence-corrected chi connectivity index (χ4v) is 2.47. The number of carbonyl (C=O) groups is 2. The number of hydrogen-bond acceptors (Lipinski definition) is 5. The molecule has 1 amide bonds. The number of amides is 1. The van der Waals surface area contributed by atoms with Gasteiger partial charge in [0.15, 0.2) is 17.6 Å². The minimum Gasteiger partial charge on any atom is -0.493 e. The summed E-state index contributed by atoms with van der Waals surface area (Å²) >= 11 is 0. The molecule has 1 atom stereocenters. The van der Waals surface area contributed by atoms with E-state index in [1.165, 1.54) is 0 Å². The molecular weight excluding hydrogens is 302 g/mol. The molecule has 0 radical (unpaired) electrons. The molecule has 0 aliphatic carbocycles. The zero-order valence-electron chi connectivity index (χ0n) is 13.3. The number of aliphatic carboxylic acids is 1. The number of benzene rings is 1. The number of carboxylic acids is 1. The molecule has 1 N–H and O–H groups in total. The van der Waals surface area contributed by atoms with Crippen LogP contribution in [0.3, 0.4) is 0 Å². The van der Waals surface area contributed by atoms with Gasteiger partial charge in [-0.15, -0.1) is 0 Å². The SMILES string of the molecule is COc1ccc(CCC(=O)N2CCOC(C(=O)O)C2)cc1OC. The number of carbonyl (C=O) groups excluding carboxylic acids is 1. The number of rotatable bonds is 6. The number of ether oxygens (including phenoxy) is 3. The van der Waals surface area contributed by atoms with Crippen LogP contribution in [0.2, 0.25) is 0 Å². The molecule has 1 fully saturated rings. The summed E-state index contributed by atoms with van der Waals surface area (Å²) < 4.78 is 15.5. The standard InChI is InChI=1S/C16H21NO6/c1-21-12-5-3-11(9-13(12)22-2)4-6-15(18)17-7-8-23-14(10-17)16(19)20/h3,5,9,14H,4,6-8,10H2,1-2H3,(H,19,20). The number of morpholine rings is 1. The van der Waals surface area contributed by atoms with Crippen LogP contribution in [0.15, 0.2) is 18.2 Å². The molecule has 1 saturated heterocycles. The van der Waals surface area contributed by atoms with E-state index in [0.29, 0.717) is 30.9 Å². The van der Waals surface area contributed by atoms with E-state index in [2.05, 4.69) is 0 Å². The van der Waals surface area contributed by atoms with Crippen molar-refractivity contribution in [2.45, 2.75) is 18.9 Å². The van der Waals surface area contributed by atoms with Gasteiger partial charge < -0.3 is 24.2 Å². The summed E-state index contributed by atoms with van der Waals surface area (Å²) in [7, 11) is 3.13. The maximum atomic E-state index is 12.2. The van der Waals surface area contributed by atoms with Gasteiger partial charge in [0.25, 0.3) is 0 Å². The topological polar surface area (TPSA) is 85.3 Å². The Bertz CT molecular complexity index is 574. The maximum absolute atomic E-state index is 12.2. The summed E-state index contributed by atoms with van der Waals surface area (Å²) in [6.45, 7) is 0.772. The minimum absolute atomic E-state index is 0.0747. The first-order valence-corrected chi connectivity index (χ1v) is 7.38. The molecule has 1 heterocycles. The van der Waals surface area contributed by atoms with Crippen molar-refractivity contribution in [1.29, 1.82) is 0 Å². The fourth-order valence-electron chi connectivity index (χ4n) is 2.47. The van der Waals surface area contributed by atoms with E-state index in [0.717, 1.165) is 5.56 Å². The molecule has 0 saturated carbocycles. The molecule has 1 aliphatic heterocycles. The van der Waals surface area contributed by atoms with Gasteiger partial charge >= 0.3 is 5.97 Å². The second kappa shape index (κ2) is 7.82. The Morgan fingerprint density at radius 1 is 1.30 bits per heavy atom. The Morgan fingerprint density at radius 3 is 2.70 bits per heavy atom. The van der Waals surface area contributed by atoms with Crippen molar-refractivity contribution < 1.29 is 28.9 Å². The van der Waals surface area contributed by atoms with Crippen molar-refractivity contribution in [1.82, 2.24) is 4.90 Å². The van der Waals surface area contributed by atoms with Gasteiger partial charge in [-0.3, -0.25) is 4.79 Å². The molecule has 1 aromatic carbocycles. The number of methoxy groups -OCH3 is 2. The van der Waals surface area contributed by atoms with Crippen LogP contribution in [0.4, 0.5) is 0 Å².